The van der Waals surface area contributed by atoms with E-state index in [0.29, 0.717) is 19.5 Å². The number of ketones is 1. The van der Waals surface area contributed by atoms with Crippen LogP contribution in [0.3, 0.4) is 0 Å². The number of Topliss-reactive ketones (excluding diaryl/α,β-unsaturated/α-hetero) is 1. The first-order valence-corrected chi connectivity index (χ1v) is 19.8. The van der Waals surface area contributed by atoms with E-state index in [0.717, 1.165) is 38.4 Å². The molecule has 2 fully saturated rings. The predicted octanol–water partition coefficient (Wildman–Crippen LogP) is 6.40. The minimum atomic E-state index is -0.561. The summed E-state index contributed by atoms with van der Waals surface area (Å²) < 4.78 is 1.82. The van der Waals surface area contributed by atoms with Gasteiger partial charge in [0.1, 0.15) is 18.6 Å². The van der Waals surface area contributed by atoms with Gasteiger partial charge in [0.2, 0.25) is 12.3 Å². The summed E-state index contributed by atoms with van der Waals surface area (Å²) in [6, 6.07) is -0.986. The molecule has 1 saturated carbocycles. The van der Waals surface area contributed by atoms with E-state index in [-0.39, 0.29) is 46.7 Å². The molecular weight excluding hydrogens is 691 g/mol. The van der Waals surface area contributed by atoms with E-state index in [1.54, 1.807) is 13.0 Å². The number of amides is 4. The number of likely N-dealkylation sites (N-methyl/N-ethyl adjacent to an activating group) is 1. The Kier molecular flexibility index (Phi) is 41.2. The summed E-state index contributed by atoms with van der Waals surface area (Å²) in [5.74, 6) is 1.19. The lowest BCUT2D eigenvalue weighted by atomic mass is 9.85. The SMILES string of the molecule is C=CCNC=O.C=O.CC.CC(=O)C(C)N.CC1CCCN1C(=O)C(NC(=O)NC(CNCCN(C)S)C(C)(C)C)C(C)(C)C.CCC.CCC1CC1. The Morgan fingerprint density at radius 1 is 1.00 bits per heavy atom. The van der Waals surface area contributed by atoms with Crippen LogP contribution in [-0.2, 0) is 19.2 Å². The van der Waals surface area contributed by atoms with Gasteiger partial charge >= 0.3 is 6.03 Å². The monoisotopic (exact) mass is 776 g/mol. The predicted molar refractivity (Wildman–Crippen MR) is 229 cm³/mol. The first-order chi connectivity index (χ1) is 24.6. The molecule has 0 aromatic carbocycles. The molecule has 0 radical (unpaired) electrons. The van der Waals surface area contributed by atoms with Crippen LogP contribution in [0.4, 0.5) is 4.79 Å². The van der Waals surface area contributed by atoms with Crippen molar-refractivity contribution in [3.63, 3.8) is 0 Å². The van der Waals surface area contributed by atoms with Gasteiger partial charge in [-0.3, -0.25) is 18.7 Å². The molecule has 0 aromatic rings. The van der Waals surface area contributed by atoms with Gasteiger partial charge in [0.15, 0.2) is 0 Å². The number of thiol groups is 1. The van der Waals surface area contributed by atoms with E-state index in [9.17, 15) is 19.2 Å². The molecule has 6 N–H and O–H groups in total. The first-order valence-electron chi connectivity index (χ1n) is 19.4. The van der Waals surface area contributed by atoms with Gasteiger partial charge in [-0.05, 0) is 57.4 Å². The molecule has 4 amide bonds. The molecule has 4 atom stereocenters. The van der Waals surface area contributed by atoms with Crippen molar-refractivity contribution in [1.82, 2.24) is 30.5 Å². The van der Waals surface area contributed by atoms with Gasteiger partial charge in [0, 0.05) is 44.8 Å². The smallest absolute Gasteiger partial charge is 0.315 e. The molecule has 53 heavy (non-hydrogen) atoms. The van der Waals surface area contributed by atoms with E-state index in [2.05, 4.69) is 89.1 Å². The number of carbonyl (C=O) groups is 5. The zero-order valence-corrected chi connectivity index (χ0v) is 37.6. The summed E-state index contributed by atoms with van der Waals surface area (Å²) in [7, 11) is 1.91. The molecule has 12 nitrogen and oxygen atoms in total. The molecule has 4 unspecified atom stereocenters. The number of carbonyl (C=O) groups excluding carboxylic acids is 5. The number of urea groups is 1. The molecule has 2 rings (SSSR count). The summed E-state index contributed by atoms with van der Waals surface area (Å²) in [5.41, 5.74) is 4.59. The van der Waals surface area contributed by atoms with E-state index < -0.39 is 6.04 Å². The van der Waals surface area contributed by atoms with Crippen LogP contribution in [0.2, 0.25) is 0 Å². The largest absolute Gasteiger partial charge is 0.355 e. The molecule has 1 saturated heterocycles. The van der Waals surface area contributed by atoms with Gasteiger partial charge < -0.3 is 36.7 Å². The highest BCUT2D eigenvalue weighted by Crippen LogP contribution is 2.31. The van der Waals surface area contributed by atoms with Gasteiger partial charge in [-0.2, -0.15) is 0 Å². The molecule has 2 aliphatic rings. The summed E-state index contributed by atoms with van der Waals surface area (Å²) in [4.78, 5) is 55.3. The van der Waals surface area contributed by atoms with E-state index >= 15 is 0 Å². The molecule has 0 spiro atoms. The zero-order chi connectivity index (χ0) is 42.8. The minimum Gasteiger partial charge on any atom is -0.355 e. The molecule has 1 heterocycles. The van der Waals surface area contributed by atoms with Gasteiger partial charge in [0.25, 0.3) is 0 Å². The summed E-state index contributed by atoms with van der Waals surface area (Å²) in [6.45, 7) is 37.0. The average Bonchev–Trinajstić information content (AvgIpc) is 3.84. The van der Waals surface area contributed by atoms with Crippen LogP contribution in [0.25, 0.3) is 0 Å². The highest BCUT2D eigenvalue weighted by Gasteiger charge is 2.39. The topological polar surface area (TPSA) is 166 Å². The van der Waals surface area contributed by atoms with Crippen LogP contribution in [0, 0.1) is 16.7 Å². The van der Waals surface area contributed by atoms with Gasteiger partial charge in [-0.25, -0.2) is 4.79 Å². The third-order valence-corrected chi connectivity index (χ3v) is 8.00. The zero-order valence-electron chi connectivity index (χ0n) is 36.7. The lowest BCUT2D eigenvalue weighted by molar-refractivity contribution is -0.136. The second-order valence-corrected chi connectivity index (χ2v) is 15.9. The lowest BCUT2D eigenvalue weighted by Crippen LogP contribution is -2.60. The van der Waals surface area contributed by atoms with Crippen molar-refractivity contribution in [2.45, 2.75) is 160 Å². The Labute approximate surface area is 331 Å². The standard InChI is InChI=1S/C21H43N5O2S.C5H10.C4H9NO.C4H7NO.C3H8.C2H6.CH2O/c1-15-10-9-12-26(15)18(27)17(21(5,6)7)24-19(28)23-16(20(2,3)4)14-22-11-13-25(8)29;1-2-5-3-4-5;1-3(5)4(2)6;1-2-3-5-4-6;1-3-2;2*1-2/h15-17,22,29H,9-14H2,1-8H3,(H2,23,24,28);5H,2-4H2,1H3;3H,5H2,1-2H3;2,4H,1,3H2,(H,5,6);3H2,1-2H3;1-2H3;1H2. The molecule has 0 bridgehead atoms. The van der Waals surface area contributed by atoms with Gasteiger partial charge in [-0.1, -0.05) is 121 Å². The Bertz CT molecular complexity index is 912. The number of hydrogen-bond acceptors (Lipinski definition) is 9. The van der Waals surface area contributed by atoms with Crippen LogP contribution in [0.5, 0.6) is 0 Å². The summed E-state index contributed by atoms with van der Waals surface area (Å²) in [5, 5.41) is 11.8. The fraction of sp³-hybridized carbons (Fsp3) is 0.825. The normalized spacial score (nSPS) is 16.0. The number of nitrogens with one attached hydrogen (secondary N) is 4. The maximum absolute atomic E-state index is 13.2. The van der Waals surface area contributed by atoms with Crippen LogP contribution < -0.4 is 27.0 Å². The second-order valence-electron chi connectivity index (χ2n) is 15.2. The van der Waals surface area contributed by atoms with Crippen molar-refractivity contribution in [2.24, 2.45) is 22.5 Å². The first kappa shape index (κ1) is 59.8. The molecule has 0 aromatic heterocycles. The Morgan fingerprint density at radius 2 is 1.49 bits per heavy atom. The molecule has 316 valence electrons. The molecule has 1 aliphatic heterocycles. The average molecular weight is 776 g/mol. The van der Waals surface area contributed by atoms with Crippen LogP contribution >= 0.6 is 12.8 Å². The van der Waals surface area contributed by atoms with E-state index in [4.69, 9.17) is 10.5 Å². The van der Waals surface area contributed by atoms with Crippen molar-refractivity contribution < 1.29 is 24.0 Å². The maximum atomic E-state index is 13.2. The van der Waals surface area contributed by atoms with E-state index in [1.165, 1.54) is 32.6 Å². The van der Waals surface area contributed by atoms with Crippen molar-refractivity contribution in [3.05, 3.63) is 12.7 Å². The Morgan fingerprint density at radius 3 is 1.75 bits per heavy atom. The minimum absolute atomic E-state index is 0.0138. The number of nitrogens with zero attached hydrogens (tertiary/aromatic N) is 2. The van der Waals surface area contributed by atoms with Gasteiger partial charge in [0.05, 0.1) is 6.04 Å². The van der Waals surface area contributed by atoms with E-state index in [1.807, 2.05) is 57.7 Å². The van der Waals surface area contributed by atoms with Crippen molar-refractivity contribution in [3.8, 4) is 0 Å². The van der Waals surface area contributed by atoms with Crippen LogP contribution in [-0.4, -0.2) is 104 Å². The second kappa shape index (κ2) is 36.5. The molecule has 1 aliphatic carbocycles. The van der Waals surface area contributed by atoms with Crippen molar-refractivity contribution in [1.29, 1.82) is 0 Å². The van der Waals surface area contributed by atoms with Crippen LogP contribution in [0.1, 0.15) is 135 Å². The Balaban J connectivity index is -0.000000257. The molecule has 13 heteroatoms. The third kappa shape index (κ3) is 37.6. The highest BCUT2D eigenvalue weighted by molar-refractivity contribution is 7.77. The summed E-state index contributed by atoms with van der Waals surface area (Å²) in [6.07, 6.45) is 9.99. The number of rotatable bonds is 13. The Hall–Kier alpha value is -2.48. The van der Waals surface area contributed by atoms with Crippen LogP contribution in [0.15, 0.2) is 12.7 Å². The summed E-state index contributed by atoms with van der Waals surface area (Å²) >= 11 is 4.24. The maximum Gasteiger partial charge on any atom is 0.315 e. The third-order valence-electron chi connectivity index (χ3n) is 7.80. The lowest BCUT2D eigenvalue weighted by Gasteiger charge is -2.37. The number of nitrogens with two attached hydrogens (primary N) is 1. The highest BCUT2D eigenvalue weighted by atomic mass is 32.1. The van der Waals surface area contributed by atoms with Crippen molar-refractivity contribution in [2.75, 3.05) is 39.8 Å². The van der Waals surface area contributed by atoms with Crippen molar-refractivity contribution >= 4 is 43.7 Å². The number of likely N-dealkylation sites (tertiary alicyclic amines) is 1. The van der Waals surface area contributed by atoms with Gasteiger partial charge in [-0.15, -0.1) is 6.58 Å². The number of hydrogen-bond donors (Lipinski definition) is 6. The fourth-order valence-electron chi connectivity index (χ4n) is 4.12. The fourth-order valence-corrected chi connectivity index (χ4v) is 4.22. The quantitative estimate of drug-likeness (QED) is 0.0542. The molecular formula is C40H85N7O5S.